The average Bonchev–Trinajstić information content (AvgIpc) is 2.94. The zero-order valence-electron chi connectivity index (χ0n) is 15.5. The molecular weight excluding hydrogens is 412 g/mol. The number of carbonyl (C=O) groups is 4. The largest absolute Gasteiger partial charge is 0.422 e. The Balaban J connectivity index is 2.09. The van der Waals surface area contributed by atoms with Crippen LogP contribution in [0.2, 0.25) is 0 Å². The fourth-order valence-electron chi connectivity index (χ4n) is 3.35. The van der Waals surface area contributed by atoms with Crippen molar-refractivity contribution in [1.29, 1.82) is 0 Å². The normalized spacial score (nSPS) is 23.8. The summed E-state index contributed by atoms with van der Waals surface area (Å²) in [5.41, 5.74) is -3.77. The molecule has 12 heteroatoms. The van der Waals surface area contributed by atoms with Crippen LogP contribution in [0.5, 0.6) is 0 Å². The highest BCUT2D eigenvalue weighted by molar-refractivity contribution is 6.35. The van der Waals surface area contributed by atoms with E-state index < -0.39 is 53.0 Å². The lowest BCUT2D eigenvalue weighted by Crippen LogP contribution is -2.72. The number of amides is 5. The molecule has 2 heterocycles. The number of benzene rings is 1. The van der Waals surface area contributed by atoms with E-state index in [1.165, 1.54) is 0 Å². The Hall–Kier alpha value is -3.31. The van der Waals surface area contributed by atoms with Crippen molar-refractivity contribution in [3.05, 3.63) is 30.1 Å². The number of urea groups is 1. The summed E-state index contributed by atoms with van der Waals surface area (Å²) in [4.78, 5) is 53.3. The van der Waals surface area contributed by atoms with Gasteiger partial charge < -0.3 is 5.32 Å². The van der Waals surface area contributed by atoms with Crippen molar-refractivity contribution in [2.45, 2.75) is 37.9 Å². The maximum Gasteiger partial charge on any atom is 0.422 e. The van der Waals surface area contributed by atoms with Crippen molar-refractivity contribution in [2.75, 3.05) is 4.90 Å². The molecule has 3 rings (SSSR count). The average molecular weight is 428 g/mol. The molecule has 2 N–H and O–H groups in total. The first kappa shape index (κ1) is 21.4. The molecule has 1 saturated heterocycles. The molecule has 2 atom stereocenters. The van der Waals surface area contributed by atoms with E-state index in [1.807, 2.05) is 0 Å². The molecule has 8 nitrogen and oxygen atoms in total. The smallest absolute Gasteiger partial charge is 0.333 e. The highest BCUT2D eigenvalue weighted by atomic mass is 19.4. The minimum Gasteiger partial charge on any atom is -0.333 e. The van der Waals surface area contributed by atoms with Crippen LogP contribution in [-0.2, 0) is 14.4 Å². The molecule has 0 radical (unpaired) electrons. The summed E-state index contributed by atoms with van der Waals surface area (Å²) in [6.07, 6.45) is -4.92. The number of alkyl halides is 3. The number of imide groups is 1. The lowest BCUT2D eigenvalue weighted by Gasteiger charge is -2.39. The van der Waals surface area contributed by atoms with E-state index in [4.69, 9.17) is 0 Å². The Morgan fingerprint density at radius 2 is 1.87 bits per heavy atom. The Kier molecular flexibility index (Phi) is 5.35. The van der Waals surface area contributed by atoms with Crippen LogP contribution in [0.15, 0.2) is 29.3 Å². The molecule has 160 valence electrons. The van der Waals surface area contributed by atoms with Crippen LogP contribution in [-0.4, -0.2) is 41.3 Å². The molecule has 2 aliphatic rings. The summed E-state index contributed by atoms with van der Waals surface area (Å²) >= 11 is 0. The number of anilines is 1. The summed E-state index contributed by atoms with van der Waals surface area (Å²) in [6, 6.07) is 2.86. The maximum absolute atomic E-state index is 14.1. The van der Waals surface area contributed by atoms with Crippen LogP contribution < -0.4 is 15.5 Å². The summed E-state index contributed by atoms with van der Waals surface area (Å²) in [7, 11) is 0. The Morgan fingerprint density at radius 3 is 2.43 bits per heavy atom. The molecule has 0 spiro atoms. The number of halogens is 4. The van der Waals surface area contributed by atoms with Crippen molar-refractivity contribution >= 4 is 35.3 Å². The second kappa shape index (κ2) is 7.50. The molecule has 1 aromatic rings. The van der Waals surface area contributed by atoms with Gasteiger partial charge >= 0.3 is 12.2 Å². The third kappa shape index (κ3) is 3.31. The SMILES string of the molecule is CCCCC(=O)NC1(C(F)(F)F)C(=O)N=C2C1C(=O)NC(=O)N2c1ccc(F)cc1. The molecule has 30 heavy (non-hydrogen) atoms. The van der Waals surface area contributed by atoms with E-state index in [-0.39, 0.29) is 18.5 Å². The predicted molar refractivity (Wildman–Crippen MR) is 94.8 cm³/mol. The second-order valence-electron chi connectivity index (χ2n) is 6.77. The van der Waals surface area contributed by atoms with Gasteiger partial charge in [0.15, 0.2) is 0 Å². The molecule has 1 aromatic carbocycles. The van der Waals surface area contributed by atoms with E-state index in [2.05, 4.69) is 4.99 Å². The van der Waals surface area contributed by atoms with Crippen molar-refractivity contribution < 1.29 is 36.7 Å². The van der Waals surface area contributed by atoms with Crippen molar-refractivity contribution in [3.8, 4) is 0 Å². The van der Waals surface area contributed by atoms with Crippen LogP contribution in [0.1, 0.15) is 26.2 Å². The molecule has 0 saturated carbocycles. The number of fused-ring (bicyclic) bond motifs is 1. The number of nitrogens with one attached hydrogen (secondary N) is 2. The number of carbonyl (C=O) groups excluding carboxylic acids is 4. The highest BCUT2D eigenvalue weighted by Gasteiger charge is 2.73. The van der Waals surface area contributed by atoms with Gasteiger partial charge in [-0.25, -0.2) is 14.1 Å². The fourth-order valence-corrected chi connectivity index (χ4v) is 3.35. The third-order valence-corrected chi connectivity index (χ3v) is 4.80. The maximum atomic E-state index is 14.1. The minimum absolute atomic E-state index is 0.117. The summed E-state index contributed by atoms with van der Waals surface area (Å²) in [6.45, 7) is 1.72. The molecule has 5 amide bonds. The van der Waals surface area contributed by atoms with Gasteiger partial charge in [0.2, 0.25) is 17.4 Å². The molecule has 0 aliphatic carbocycles. The van der Waals surface area contributed by atoms with Gasteiger partial charge in [0, 0.05) is 6.42 Å². The lowest BCUT2D eigenvalue weighted by molar-refractivity contribution is -0.205. The van der Waals surface area contributed by atoms with Gasteiger partial charge in [0.25, 0.3) is 5.91 Å². The van der Waals surface area contributed by atoms with Gasteiger partial charge in [-0.05, 0) is 30.7 Å². The van der Waals surface area contributed by atoms with Crippen LogP contribution in [0.3, 0.4) is 0 Å². The summed E-state index contributed by atoms with van der Waals surface area (Å²) in [5, 5.41) is 3.40. The first-order chi connectivity index (χ1) is 14.0. The number of nitrogens with zero attached hydrogens (tertiary/aromatic N) is 2. The van der Waals surface area contributed by atoms with Gasteiger partial charge in [-0.1, -0.05) is 13.3 Å². The molecule has 1 fully saturated rings. The molecule has 2 unspecified atom stereocenters. The Bertz CT molecular complexity index is 944. The first-order valence-corrected chi connectivity index (χ1v) is 8.94. The number of hydrogen-bond donors (Lipinski definition) is 2. The summed E-state index contributed by atoms with van der Waals surface area (Å²) in [5.74, 6) is -8.15. The monoisotopic (exact) mass is 428 g/mol. The number of hydrogen-bond acceptors (Lipinski definition) is 4. The van der Waals surface area contributed by atoms with E-state index in [1.54, 1.807) is 17.6 Å². The van der Waals surface area contributed by atoms with Gasteiger partial charge in [0.05, 0.1) is 5.69 Å². The quantitative estimate of drug-likeness (QED) is 0.700. The number of unbranched alkanes of at least 4 members (excludes halogenated alkanes) is 1. The number of rotatable bonds is 5. The molecule has 0 bridgehead atoms. The van der Waals surface area contributed by atoms with E-state index >= 15 is 0 Å². The number of amidine groups is 1. The zero-order valence-corrected chi connectivity index (χ0v) is 15.5. The Morgan fingerprint density at radius 1 is 1.23 bits per heavy atom. The standard InChI is InChI=1S/C18H16F4N4O4/c1-2-3-4-11(27)25-17(18(20,21)22)12-13(23-15(17)29)26(16(30)24-14(12)28)10-7-5-9(19)6-8-10/h5-8,12H,2-4H2,1H3,(H,25,27)(H,24,28,30). The van der Waals surface area contributed by atoms with Crippen molar-refractivity contribution in [1.82, 2.24) is 10.6 Å². The van der Waals surface area contributed by atoms with Crippen LogP contribution in [0.4, 0.5) is 28.0 Å². The fraction of sp³-hybridized carbons (Fsp3) is 0.389. The predicted octanol–water partition coefficient (Wildman–Crippen LogP) is 2.04. The Labute approximate surface area is 167 Å². The van der Waals surface area contributed by atoms with Gasteiger partial charge in [-0.2, -0.15) is 18.2 Å². The minimum atomic E-state index is -5.39. The molecular formula is C18H16F4N4O4. The topological polar surface area (TPSA) is 108 Å². The highest BCUT2D eigenvalue weighted by Crippen LogP contribution is 2.44. The second-order valence-corrected chi connectivity index (χ2v) is 6.77. The first-order valence-electron chi connectivity index (χ1n) is 8.94. The van der Waals surface area contributed by atoms with Crippen molar-refractivity contribution in [3.63, 3.8) is 0 Å². The molecule has 0 aromatic heterocycles. The van der Waals surface area contributed by atoms with E-state index in [9.17, 15) is 36.7 Å². The van der Waals surface area contributed by atoms with Crippen LogP contribution in [0.25, 0.3) is 0 Å². The lowest BCUT2D eigenvalue weighted by atomic mass is 9.81. The van der Waals surface area contributed by atoms with Crippen LogP contribution in [0, 0.1) is 11.7 Å². The van der Waals surface area contributed by atoms with Gasteiger partial charge in [0.1, 0.15) is 17.6 Å². The third-order valence-electron chi connectivity index (χ3n) is 4.80. The number of aliphatic imine (C=N–C) groups is 1. The molecule has 2 aliphatic heterocycles. The van der Waals surface area contributed by atoms with Gasteiger partial charge in [-0.3, -0.25) is 19.7 Å². The summed E-state index contributed by atoms with van der Waals surface area (Å²) < 4.78 is 55.6. The zero-order chi connectivity index (χ0) is 22.3. The van der Waals surface area contributed by atoms with Crippen LogP contribution >= 0.6 is 0 Å². The van der Waals surface area contributed by atoms with Crippen molar-refractivity contribution in [2.24, 2.45) is 10.9 Å². The van der Waals surface area contributed by atoms with E-state index in [0.717, 1.165) is 24.3 Å². The van der Waals surface area contributed by atoms with E-state index in [0.29, 0.717) is 11.3 Å². The van der Waals surface area contributed by atoms with Gasteiger partial charge in [-0.15, -0.1) is 0 Å².